The smallest absolute Gasteiger partial charge is 0.115 e. The summed E-state index contributed by atoms with van der Waals surface area (Å²) in [6, 6.07) is 11.9. The Labute approximate surface area is 215 Å². The van der Waals surface area contributed by atoms with Gasteiger partial charge in [-0.25, -0.2) is 0 Å². The minimum Gasteiger partial charge on any atom is -0.508 e. The third-order valence-corrected chi connectivity index (χ3v) is 9.75. The SMILES string of the molecule is C[C@]12CC[C@@H]3c4ccc(O)cc4CC[C@H]3[C@@H]1C[C@@](CO)(CCOCCNCCc1ccccn1)[C@@H]2O. The van der Waals surface area contributed by atoms with E-state index in [0.717, 1.165) is 57.3 Å². The van der Waals surface area contributed by atoms with Crippen molar-refractivity contribution in [3.8, 4) is 5.75 Å². The molecule has 36 heavy (non-hydrogen) atoms. The van der Waals surface area contributed by atoms with Gasteiger partial charge in [-0.05, 0) is 97.1 Å². The van der Waals surface area contributed by atoms with E-state index in [0.29, 0.717) is 43.1 Å². The highest BCUT2D eigenvalue weighted by Crippen LogP contribution is 2.66. The van der Waals surface area contributed by atoms with Crippen LogP contribution >= 0.6 is 0 Å². The lowest BCUT2D eigenvalue weighted by atomic mass is 9.55. The van der Waals surface area contributed by atoms with Crippen molar-refractivity contribution >= 4 is 0 Å². The molecule has 0 spiro atoms. The molecule has 0 unspecified atom stereocenters. The van der Waals surface area contributed by atoms with Crippen LogP contribution in [-0.2, 0) is 17.6 Å². The fourth-order valence-electron chi connectivity index (χ4n) is 7.77. The Morgan fingerprint density at radius 1 is 1.14 bits per heavy atom. The summed E-state index contributed by atoms with van der Waals surface area (Å²) in [7, 11) is 0. The number of rotatable bonds is 10. The van der Waals surface area contributed by atoms with Gasteiger partial charge in [-0.3, -0.25) is 4.98 Å². The molecule has 1 aromatic heterocycles. The number of phenolic OH excluding ortho intramolecular Hbond substituents is 1. The van der Waals surface area contributed by atoms with Crippen molar-refractivity contribution in [2.75, 3.05) is 32.9 Å². The van der Waals surface area contributed by atoms with Crippen LogP contribution in [0, 0.1) is 22.7 Å². The van der Waals surface area contributed by atoms with Gasteiger partial charge in [0.25, 0.3) is 0 Å². The Morgan fingerprint density at radius 3 is 2.83 bits per heavy atom. The van der Waals surface area contributed by atoms with Gasteiger partial charge in [0, 0.05) is 43.4 Å². The maximum Gasteiger partial charge on any atom is 0.115 e. The van der Waals surface area contributed by atoms with Gasteiger partial charge in [-0.2, -0.15) is 0 Å². The van der Waals surface area contributed by atoms with Gasteiger partial charge in [0.15, 0.2) is 0 Å². The molecule has 0 bridgehead atoms. The predicted octanol–water partition coefficient (Wildman–Crippen LogP) is 3.83. The summed E-state index contributed by atoms with van der Waals surface area (Å²) in [4.78, 5) is 4.34. The predicted molar refractivity (Wildman–Crippen MR) is 140 cm³/mol. The second-order valence-corrected chi connectivity index (χ2v) is 11.7. The standard InChI is InChI=1S/C30H42N2O4/c1-29-11-9-25-24-8-6-23(34)18-21(24)5-7-26(25)27(29)19-30(20-33,28(29)35)12-16-36-17-15-31-14-10-22-4-2-3-13-32-22/h2-4,6,8,13,18,25-28,31,33-35H,5,7,9-12,14-17,19-20H2,1H3/t25-,26-,27+,28-,29+,30-/m1/s1. The fourth-order valence-corrected chi connectivity index (χ4v) is 7.77. The number of hydrogen-bond donors (Lipinski definition) is 4. The summed E-state index contributed by atoms with van der Waals surface area (Å²) in [5.74, 6) is 1.76. The average molecular weight is 495 g/mol. The lowest BCUT2D eigenvalue weighted by Gasteiger charge is -2.50. The number of aromatic hydroxyl groups is 1. The van der Waals surface area contributed by atoms with Crippen LogP contribution in [0.3, 0.4) is 0 Å². The summed E-state index contributed by atoms with van der Waals surface area (Å²) >= 11 is 0. The Hall–Kier alpha value is -1.99. The van der Waals surface area contributed by atoms with Crippen molar-refractivity contribution < 1.29 is 20.1 Å². The van der Waals surface area contributed by atoms with E-state index in [-0.39, 0.29) is 12.0 Å². The number of nitrogens with one attached hydrogen (secondary N) is 1. The first-order valence-electron chi connectivity index (χ1n) is 13.8. The van der Waals surface area contributed by atoms with Crippen LogP contribution in [0.5, 0.6) is 5.75 Å². The number of pyridine rings is 1. The molecule has 5 rings (SSSR count). The number of aromatic nitrogens is 1. The summed E-state index contributed by atoms with van der Waals surface area (Å²) in [5, 5.41) is 35.5. The zero-order chi connectivity index (χ0) is 25.2. The highest BCUT2D eigenvalue weighted by molar-refractivity contribution is 5.40. The highest BCUT2D eigenvalue weighted by Gasteiger charge is 2.63. The van der Waals surface area contributed by atoms with E-state index in [1.165, 1.54) is 11.1 Å². The number of ether oxygens (including phenoxy) is 1. The number of hydrogen-bond acceptors (Lipinski definition) is 6. The molecule has 0 amide bonds. The molecule has 6 atom stereocenters. The number of aliphatic hydroxyl groups is 2. The zero-order valence-corrected chi connectivity index (χ0v) is 21.5. The third-order valence-electron chi connectivity index (χ3n) is 9.75. The van der Waals surface area contributed by atoms with Crippen LogP contribution < -0.4 is 5.32 Å². The molecule has 196 valence electrons. The number of fused-ring (bicyclic) bond motifs is 5. The summed E-state index contributed by atoms with van der Waals surface area (Å²) in [6.07, 6.45) is 7.87. The second-order valence-electron chi connectivity index (χ2n) is 11.7. The first-order chi connectivity index (χ1) is 17.5. The van der Waals surface area contributed by atoms with Crippen molar-refractivity contribution in [1.82, 2.24) is 10.3 Å². The van der Waals surface area contributed by atoms with Gasteiger partial charge in [-0.1, -0.05) is 19.1 Å². The van der Waals surface area contributed by atoms with Gasteiger partial charge in [0.2, 0.25) is 0 Å². The largest absolute Gasteiger partial charge is 0.508 e. The number of nitrogens with zero attached hydrogens (tertiary/aromatic N) is 1. The number of benzene rings is 1. The molecule has 0 radical (unpaired) electrons. The van der Waals surface area contributed by atoms with Crippen LogP contribution in [0.15, 0.2) is 42.6 Å². The Morgan fingerprint density at radius 2 is 2.03 bits per heavy atom. The van der Waals surface area contributed by atoms with E-state index in [1.54, 1.807) is 0 Å². The van der Waals surface area contributed by atoms with Crippen molar-refractivity contribution in [3.63, 3.8) is 0 Å². The van der Waals surface area contributed by atoms with Crippen LogP contribution in [-0.4, -0.2) is 59.3 Å². The molecular weight excluding hydrogens is 452 g/mol. The van der Waals surface area contributed by atoms with Gasteiger partial charge >= 0.3 is 0 Å². The molecule has 6 heteroatoms. The molecular formula is C30H42N2O4. The lowest BCUT2D eigenvalue weighted by molar-refractivity contribution is -0.0775. The van der Waals surface area contributed by atoms with Crippen molar-refractivity contribution in [2.24, 2.45) is 22.7 Å². The summed E-state index contributed by atoms with van der Waals surface area (Å²) in [5.41, 5.74) is 3.11. The normalized spacial score (nSPS) is 33.1. The van der Waals surface area contributed by atoms with E-state index in [2.05, 4.69) is 23.3 Å². The summed E-state index contributed by atoms with van der Waals surface area (Å²) < 4.78 is 5.95. The molecule has 6 nitrogen and oxygen atoms in total. The highest BCUT2D eigenvalue weighted by atomic mass is 16.5. The fraction of sp³-hybridized carbons (Fsp3) is 0.633. The van der Waals surface area contributed by atoms with Crippen LogP contribution in [0.2, 0.25) is 0 Å². The first kappa shape index (κ1) is 25.7. The third kappa shape index (κ3) is 4.81. The molecule has 1 heterocycles. The summed E-state index contributed by atoms with van der Waals surface area (Å²) in [6.45, 7) is 5.08. The zero-order valence-electron chi connectivity index (χ0n) is 21.5. The Kier molecular flexibility index (Phi) is 7.68. The second kappa shape index (κ2) is 10.8. The van der Waals surface area contributed by atoms with Gasteiger partial charge < -0.3 is 25.4 Å². The monoisotopic (exact) mass is 494 g/mol. The Balaban J connectivity index is 1.14. The van der Waals surface area contributed by atoms with E-state index in [1.807, 2.05) is 36.5 Å². The quantitative estimate of drug-likeness (QED) is 0.375. The topological polar surface area (TPSA) is 94.8 Å². The first-order valence-corrected chi connectivity index (χ1v) is 13.8. The van der Waals surface area contributed by atoms with E-state index in [4.69, 9.17) is 4.74 Å². The Bertz CT molecular complexity index is 1020. The molecule has 0 aliphatic heterocycles. The molecule has 3 aliphatic rings. The molecule has 1 aromatic carbocycles. The lowest BCUT2D eigenvalue weighted by Crippen LogP contribution is -2.46. The maximum absolute atomic E-state index is 11.6. The number of aliphatic hydroxyl groups excluding tert-OH is 2. The number of aryl methyl sites for hydroxylation is 1. The van der Waals surface area contributed by atoms with E-state index in [9.17, 15) is 15.3 Å². The van der Waals surface area contributed by atoms with Crippen LogP contribution in [0.25, 0.3) is 0 Å². The average Bonchev–Trinajstić information content (AvgIpc) is 3.13. The van der Waals surface area contributed by atoms with E-state index >= 15 is 0 Å². The van der Waals surface area contributed by atoms with Crippen molar-refractivity contribution in [1.29, 1.82) is 0 Å². The number of phenols is 1. The molecule has 3 aliphatic carbocycles. The minimum absolute atomic E-state index is 0.00773. The van der Waals surface area contributed by atoms with Crippen molar-refractivity contribution in [2.45, 2.75) is 63.9 Å². The van der Waals surface area contributed by atoms with Gasteiger partial charge in [-0.15, -0.1) is 0 Å². The molecule has 4 N–H and O–H groups in total. The van der Waals surface area contributed by atoms with Crippen LogP contribution in [0.1, 0.15) is 61.8 Å². The maximum atomic E-state index is 11.6. The molecule has 2 fully saturated rings. The molecule has 0 saturated heterocycles. The molecule has 2 saturated carbocycles. The van der Waals surface area contributed by atoms with Crippen molar-refractivity contribution in [3.05, 3.63) is 59.4 Å². The van der Waals surface area contributed by atoms with Gasteiger partial charge in [0.1, 0.15) is 5.75 Å². The van der Waals surface area contributed by atoms with E-state index < -0.39 is 11.5 Å². The molecule has 2 aromatic rings. The van der Waals surface area contributed by atoms with Gasteiger partial charge in [0.05, 0.1) is 19.3 Å². The van der Waals surface area contributed by atoms with Crippen LogP contribution in [0.4, 0.5) is 0 Å². The minimum atomic E-state index is -0.512.